The highest BCUT2D eigenvalue weighted by Crippen LogP contribution is 2.37. The molecule has 2 aromatic carbocycles. The Morgan fingerprint density at radius 1 is 1.14 bits per heavy atom. The van der Waals surface area contributed by atoms with E-state index in [-0.39, 0.29) is 16.6 Å². The number of aromatic nitrogens is 1. The Bertz CT molecular complexity index is 1320. The fourth-order valence-corrected chi connectivity index (χ4v) is 5.68. The summed E-state index contributed by atoms with van der Waals surface area (Å²) in [4.78, 5) is 17.6. The minimum Gasteiger partial charge on any atom is -0.495 e. The van der Waals surface area contributed by atoms with Gasteiger partial charge in [0.15, 0.2) is 5.13 Å². The summed E-state index contributed by atoms with van der Waals surface area (Å²) in [6, 6.07) is 12.4. The fourth-order valence-electron chi connectivity index (χ4n) is 3.47. The molecule has 0 saturated heterocycles. The molecule has 0 atom stereocenters. The van der Waals surface area contributed by atoms with Crippen LogP contribution in [0.4, 0.5) is 10.8 Å². The van der Waals surface area contributed by atoms with E-state index in [0.29, 0.717) is 28.0 Å². The molecule has 0 aliphatic carbocycles. The molecule has 1 heterocycles. The molecule has 1 aromatic heterocycles. The second-order valence-electron chi connectivity index (χ2n) is 9.91. The van der Waals surface area contributed by atoms with E-state index in [1.54, 1.807) is 24.3 Å². The number of nitrogens with zero attached hydrogens (tertiary/aromatic N) is 1. The summed E-state index contributed by atoms with van der Waals surface area (Å²) in [5, 5.41) is 3.31. The van der Waals surface area contributed by atoms with Gasteiger partial charge in [0.05, 0.1) is 17.7 Å². The maximum atomic E-state index is 13.4. The van der Waals surface area contributed by atoms with Crippen LogP contribution in [0.3, 0.4) is 0 Å². The number of hydrogen-bond donors (Lipinski definition) is 2. The highest BCUT2D eigenvalue weighted by molar-refractivity contribution is 7.92. The zero-order chi connectivity index (χ0) is 26.0. The number of methoxy groups -OCH3 is 1. The number of carbonyl (C=O) groups excluding carboxylic acids is 1. The maximum absolute atomic E-state index is 13.4. The number of anilines is 2. The summed E-state index contributed by atoms with van der Waals surface area (Å²) in [5.41, 5.74) is 2.37. The largest absolute Gasteiger partial charge is 0.495 e. The molecule has 0 radical (unpaired) electrons. The molecule has 3 rings (SSSR count). The molecule has 0 fully saturated rings. The molecule has 0 aliphatic heterocycles. The number of carbonyl (C=O) groups is 1. The average Bonchev–Trinajstić information content (AvgIpc) is 3.12. The zero-order valence-electron chi connectivity index (χ0n) is 21.2. The summed E-state index contributed by atoms with van der Waals surface area (Å²) in [6.07, 6.45) is 0.854. The summed E-state index contributed by atoms with van der Waals surface area (Å²) >= 11 is 1.30. The molecule has 9 heteroatoms. The minimum absolute atomic E-state index is 0.0276. The lowest BCUT2D eigenvalue weighted by Crippen LogP contribution is -2.27. The molecule has 35 heavy (non-hydrogen) atoms. The van der Waals surface area contributed by atoms with Crippen molar-refractivity contribution in [2.75, 3.05) is 17.1 Å². The molecule has 2 N–H and O–H groups in total. The monoisotopic (exact) mass is 515 g/mol. The van der Waals surface area contributed by atoms with E-state index >= 15 is 0 Å². The summed E-state index contributed by atoms with van der Waals surface area (Å²) in [7, 11) is -2.50. The summed E-state index contributed by atoms with van der Waals surface area (Å²) < 4.78 is 34.8. The Labute approximate surface area is 212 Å². The van der Waals surface area contributed by atoms with E-state index in [4.69, 9.17) is 4.74 Å². The standard InChI is InChI=1S/C26H33N3O4S2/c1-16(2)13-18-9-8-10-20(14-18)29-35(31,32)22-15-19(11-12-21(22)33-7)23-17(3)27-25(34-23)28-24(30)26(4,5)6/h8-12,14-16,29H,13H2,1-7H3,(H,27,28,30). The number of benzene rings is 2. The van der Waals surface area contributed by atoms with Crippen molar-refractivity contribution in [2.24, 2.45) is 11.3 Å². The van der Waals surface area contributed by atoms with Gasteiger partial charge in [0.25, 0.3) is 10.0 Å². The molecule has 0 spiro atoms. The lowest BCUT2D eigenvalue weighted by molar-refractivity contribution is -0.123. The smallest absolute Gasteiger partial charge is 0.265 e. The third kappa shape index (κ3) is 6.61. The Morgan fingerprint density at radius 3 is 2.49 bits per heavy atom. The van der Waals surface area contributed by atoms with Crippen molar-refractivity contribution in [2.45, 2.75) is 52.9 Å². The van der Waals surface area contributed by atoms with Gasteiger partial charge in [0.2, 0.25) is 5.91 Å². The van der Waals surface area contributed by atoms with Crippen molar-refractivity contribution in [3.63, 3.8) is 0 Å². The molecule has 0 aliphatic rings. The van der Waals surface area contributed by atoms with Crippen molar-refractivity contribution in [3.05, 3.63) is 53.7 Å². The minimum atomic E-state index is -3.94. The topological polar surface area (TPSA) is 97.4 Å². The lowest BCUT2D eigenvalue weighted by Gasteiger charge is -2.15. The van der Waals surface area contributed by atoms with Gasteiger partial charge in [-0.3, -0.25) is 9.52 Å². The quantitative estimate of drug-likeness (QED) is 0.377. The SMILES string of the molecule is COc1ccc(-c2sc(NC(=O)C(C)(C)C)nc2C)cc1S(=O)(=O)Nc1cccc(CC(C)C)c1. The van der Waals surface area contributed by atoms with Gasteiger partial charge >= 0.3 is 0 Å². The molecule has 0 bridgehead atoms. The highest BCUT2D eigenvalue weighted by Gasteiger charge is 2.25. The number of nitrogens with one attached hydrogen (secondary N) is 2. The van der Waals surface area contributed by atoms with Crippen LogP contribution in [0.1, 0.15) is 45.9 Å². The number of thiazole rings is 1. The molecule has 1 amide bonds. The fraction of sp³-hybridized carbons (Fsp3) is 0.385. The van der Waals surface area contributed by atoms with Crippen molar-refractivity contribution >= 4 is 38.1 Å². The predicted octanol–water partition coefficient (Wildman–Crippen LogP) is 6.11. The van der Waals surface area contributed by atoms with Gasteiger partial charge in [0, 0.05) is 11.1 Å². The molecule has 7 nitrogen and oxygen atoms in total. The van der Waals surface area contributed by atoms with Gasteiger partial charge in [-0.2, -0.15) is 0 Å². The van der Waals surface area contributed by atoms with Gasteiger partial charge in [-0.1, -0.05) is 58.1 Å². The highest BCUT2D eigenvalue weighted by atomic mass is 32.2. The molecule has 0 unspecified atom stereocenters. The van der Waals surface area contributed by atoms with Gasteiger partial charge in [-0.15, -0.1) is 0 Å². The Hall–Kier alpha value is -2.91. The van der Waals surface area contributed by atoms with Crippen LogP contribution in [-0.2, 0) is 21.2 Å². The Kier molecular flexibility index (Phi) is 7.91. The first kappa shape index (κ1) is 26.7. The van der Waals surface area contributed by atoms with Gasteiger partial charge in [-0.05, 0) is 60.7 Å². The van der Waals surface area contributed by atoms with Crippen molar-refractivity contribution in [1.82, 2.24) is 4.98 Å². The molecule has 0 saturated carbocycles. The first-order valence-electron chi connectivity index (χ1n) is 11.4. The number of sulfonamides is 1. The van der Waals surface area contributed by atoms with Crippen LogP contribution >= 0.6 is 11.3 Å². The van der Waals surface area contributed by atoms with Gasteiger partial charge in [0.1, 0.15) is 10.6 Å². The van der Waals surface area contributed by atoms with Crippen molar-refractivity contribution < 1.29 is 17.9 Å². The lowest BCUT2D eigenvalue weighted by atomic mass is 9.96. The second-order valence-corrected chi connectivity index (χ2v) is 12.6. The van der Waals surface area contributed by atoms with E-state index < -0.39 is 15.4 Å². The van der Waals surface area contributed by atoms with E-state index in [2.05, 4.69) is 28.9 Å². The predicted molar refractivity (Wildman–Crippen MR) is 143 cm³/mol. The van der Waals surface area contributed by atoms with Crippen LogP contribution in [0.15, 0.2) is 47.4 Å². The van der Waals surface area contributed by atoms with E-state index in [0.717, 1.165) is 16.9 Å². The third-order valence-corrected chi connectivity index (χ3v) is 7.76. The van der Waals surface area contributed by atoms with E-state index in [9.17, 15) is 13.2 Å². The zero-order valence-corrected chi connectivity index (χ0v) is 22.9. The first-order chi connectivity index (χ1) is 16.3. The van der Waals surface area contributed by atoms with Crippen molar-refractivity contribution in [1.29, 1.82) is 0 Å². The summed E-state index contributed by atoms with van der Waals surface area (Å²) in [5.74, 6) is 0.557. The molecule has 3 aromatic rings. The maximum Gasteiger partial charge on any atom is 0.265 e. The molecule has 188 valence electrons. The number of amides is 1. The van der Waals surface area contributed by atoms with Gasteiger partial charge < -0.3 is 10.1 Å². The van der Waals surface area contributed by atoms with Crippen LogP contribution in [0, 0.1) is 18.3 Å². The van der Waals surface area contributed by atoms with E-state index in [1.165, 1.54) is 18.4 Å². The summed E-state index contributed by atoms with van der Waals surface area (Å²) in [6.45, 7) is 11.6. The van der Waals surface area contributed by atoms with Gasteiger partial charge in [-0.25, -0.2) is 13.4 Å². The second kappa shape index (κ2) is 10.4. The van der Waals surface area contributed by atoms with Crippen molar-refractivity contribution in [3.8, 4) is 16.2 Å². The average molecular weight is 516 g/mol. The van der Waals surface area contributed by atoms with Crippen LogP contribution in [0.2, 0.25) is 0 Å². The van der Waals surface area contributed by atoms with Crippen LogP contribution < -0.4 is 14.8 Å². The van der Waals surface area contributed by atoms with Crippen LogP contribution in [0.5, 0.6) is 5.75 Å². The third-order valence-electron chi connectivity index (χ3n) is 5.24. The Morgan fingerprint density at radius 2 is 1.86 bits per heavy atom. The molecular weight excluding hydrogens is 482 g/mol. The normalized spacial score (nSPS) is 12.0. The molecular formula is C26H33N3O4S2. The number of ether oxygens (including phenoxy) is 1. The van der Waals surface area contributed by atoms with Crippen LogP contribution in [-0.4, -0.2) is 26.4 Å². The van der Waals surface area contributed by atoms with E-state index in [1.807, 2.05) is 45.9 Å². The van der Waals surface area contributed by atoms with Crippen LogP contribution in [0.25, 0.3) is 10.4 Å². The Balaban J connectivity index is 1.95. The first-order valence-corrected chi connectivity index (χ1v) is 13.7. The number of rotatable bonds is 8. The number of aryl methyl sites for hydroxylation is 1. The number of hydrogen-bond acceptors (Lipinski definition) is 6.